The molecule has 6 nitrogen and oxygen atoms in total. The van der Waals surface area contributed by atoms with Crippen molar-refractivity contribution < 1.29 is 14.3 Å². The van der Waals surface area contributed by atoms with Gasteiger partial charge in [0, 0.05) is 30.6 Å². The predicted octanol–water partition coefficient (Wildman–Crippen LogP) is 0.734. The number of benzene rings is 1. The van der Waals surface area contributed by atoms with Crippen molar-refractivity contribution in [2.45, 2.75) is 19.4 Å². The molecule has 1 aromatic rings. The third-order valence-corrected chi connectivity index (χ3v) is 3.00. The number of carbonyl (C=O) groups is 1. The largest absolute Gasteiger partial charge is 0.496 e. The molecule has 1 aromatic carbocycles. The number of rotatable bonds is 5. The molecule has 0 saturated heterocycles. The Hall–Kier alpha value is -1.79. The van der Waals surface area contributed by atoms with Crippen molar-refractivity contribution in [2.75, 3.05) is 21.3 Å². The summed E-state index contributed by atoms with van der Waals surface area (Å²) in [5, 5.41) is 1.03. The normalized spacial score (nSPS) is 11.9. The van der Waals surface area contributed by atoms with Gasteiger partial charge in [0.15, 0.2) is 0 Å². The lowest BCUT2D eigenvalue weighted by molar-refractivity contribution is -0.130. The molecule has 0 fully saturated rings. The molecule has 0 spiro atoms. The molecule has 0 aromatic heterocycles. The van der Waals surface area contributed by atoms with E-state index in [2.05, 4.69) is 0 Å². The molecule has 4 N–H and O–H groups in total. The number of hydrogen-bond donors (Lipinski definition) is 2. The second kappa shape index (κ2) is 6.40. The minimum atomic E-state index is -0.474. The number of hydrogen-bond acceptors (Lipinski definition) is 5. The summed E-state index contributed by atoms with van der Waals surface area (Å²) in [6.07, 6.45) is 0.120. The van der Waals surface area contributed by atoms with E-state index in [9.17, 15) is 4.79 Å². The van der Waals surface area contributed by atoms with Crippen molar-refractivity contribution in [3.05, 3.63) is 23.3 Å². The van der Waals surface area contributed by atoms with E-state index >= 15 is 0 Å². The van der Waals surface area contributed by atoms with E-state index in [1.807, 2.05) is 13.0 Å². The summed E-state index contributed by atoms with van der Waals surface area (Å²) in [6, 6.07) is 3.14. The van der Waals surface area contributed by atoms with Crippen molar-refractivity contribution in [1.29, 1.82) is 0 Å². The molecule has 0 heterocycles. The molecule has 19 heavy (non-hydrogen) atoms. The fourth-order valence-electron chi connectivity index (χ4n) is 1.92. The van der Waals surface area contributed by atoms with Crippen molar-refractivity contribution in [3.8, 4) is 11.5 Å². The van der Waals surface area contributed by atoms with Crippen LogP contribution in [0.1, 0.15) is 23.6 Å². The molecule has 1 rings (SSSR count). The van der Waals surface area contributed by atoms with Gasteiger partial charge in [-0.15, -0.1) is 0 Å². The molecular weight excluding hydrogens is 246 g/mol. The van der Waals surface area contributed by atoms with Crippen LogP contribution in [-0.4, -0.2) is 32.2 Å². The third-order valence-electron chi connectivity index (χ3n) is 3.00. The quantitative estimate of drug-likeness (QED) is 0.466. The second-order valence-corrected chi connectivity index (χ2v) is 4.33. The lowest BCUT2D eigenvalue weighted by Crippen LogP contribution is -2.35. The van der Waals surface area contributed by atoms with Gasteiger partial charge in [-0.1, -0.05) is 6.07 Å². The molecule has 0 saturated carbocycles. The van der Waals surface area contributed by atoms with Gasteiger partial charge in [-0.2, -0.15) is 0 Å². The van der Waals surface area contributed by atoms with Crippen LogP contribution >= 0.6 is 0 Å². The Kier molecular flexibility index (Phi) is 5.14. The molecule has 0 aliphatic rings. The van der Waals surface area contributed by atoms with E-state index in [-0.39, 0.29) is 12.3 Å². The van der Waals surface area contributed by atoms with Crippen molar-refractivity contribution in [2.24, 2.45) is 11.6 Å². The van der Waals surface area contributed by atoms with Crippen LogP contribution in [0.25, 0.3) is 0 Å². The van der Waals surface area contributed by atoms with Gasteiger partial charge >= 0.3 is 0 Å². The van der Waals surface area contributed by atoms with Crippen LogP contribution in [0.3, 0.4) is 0 Å². The molecule has 0 radical (unpaired) electrons. The van der Waals surface area contributed by atoms with E-state index in [1.165, 1.54) is 7.05 Å². The molecule has 6 heteroatoms. The highest BCUT2D eigenvalue weighted by Gasteiger charge is 2.20. The SMILES string of the molecule is COc1ccc(C(N)CC(=O)N(C)N)c(OC)c1C. The summed E-state index contributed by atoms with van der Waals surface area (Å²) < 4.78 is 10.6. The Balaban J connectivity index is 3.06. The van der Waals surface area contributed by atoms with E-state index in [0.29, 0.717) is 5.75 Å². The first-order valence-corrected chi connectivity index (χ1v) is 5.90. The number of ether oxygens (including phenoxy) is 2. The van der Waals surface area contributed by atoms with Crippen molar-refractivity contribution >= 4 is 5.91 Å². The van der Waals surface area contributed by atoms with Gasteiger partial charge in [0.25, 0.3) is 0 Å². The highest BCUT2D eigenvalue weighted by atomic mass is 16.5. The summed E-state index contributed by atoms with van der Waals surface area (Å²) in [4.78, 5) is 11.6. The van der Waals surface area contributed by atoms with E-state index in [4.69, 9.17) is 21.1 Å². The molecule has 1 atom stereocenters. The summed E-state index contributed by atoms with van der Waals surface area (Å²) in [5.41, 5.74) is 7.66. The maximum atomic E-state index is 11.6. The number of methoxy groups -OCH3 is 2. The Morgan fingerprint density at radius 2 is 2.00 bits per heavy atom. The fraction of sp³-hybridized carbons (Fsp3) is 0.462. The fourth-order valence-corrected chi connectivity index (χ4v) is 1.92. The van der Waals surface area contributed by atoms with Crippen LogP contribution in [0.5, 0.6) is 11.5 Å². The van der Waals surface area contributed by atoms with E-state index in [1.54, 1.807) is 20.3 Å². The Labute approximate surface area is 113 Å². The number of carbonyl (C=O) groups excluding carboxylic acids is 1. The summed E-state index contributed by atoms with van der Waals surface area (Å²) in [5.74, 6) is 6.51. The molecule has 1 unspecified atom stereocenters. The summed E-state index contributed by atoms with van der Waals surface area (Å²) in [6.45, 7) is 1.88. The smallest absolute Gasteiger partial charge is 0.238 e. The molecule has 0 aliphatic heterocycles. The topological polar surface area (TPSA) is 90.8 Å². The maximum Gasteiger partial charge on any atom is 0.238 e. The van der Waals surface area contributed by atoms with Crippen LogP contribution in [0.4, 0.5) is 0 Å². The Morgan fingerprint density at radius 3 is 2.47 bits per heavy atom. The zero-order chi connectivity index (χ0) is 14.6. The van der Waals surface area contributed by atoms with Crippen LogP contribution in [0.2, 0.25) is 0 Å². The Morgan fingerprint density at radius 1 is 1.37 bits per heavy atom. The number of amides is 1. The lowest BCUT2D eigenvalue weighted by atomic mass is 9.99. The number of nitrogens with two attached hydrogens (primary N) is 2. The minimum absolute atomic E-state index is 0.120. The first-order valence-electron chi connectivity index (χ1n) is 5.90. The van der Waals surface area contributed by atoms with Gasteiger partial charge in [0.2, 0.25) is 5.91 Å². The summed E-state index contributed by atoms with van der Waals surface area (Å²) >= 11 is 0. The van der Waals surface area contributed by atoms with Gasteiger partial charge in [0.1, 0.15) is 11.5 Å². The first-order chi connectivity index (χ1) is 8.92. The third kappa shape index (κ3) is 3.36. The van der Waals surface area contributed by atoms with Crippen LogP contribution in [0.15, 0.2) is 12.1 Å². The molecule has 1 amide bonds. The zero-order valence-corrected chi connectivity index (χ0v) is 11.8. The van der Waals surface area contributed by atoms with Crippen LogP contribution in [-0.2, 0) is 4.79 Å². The molecular formula is C13H21N3O3. The highest BCUT2D eigenvalue weighted by Crippen LogP contribution is 2.34. The molecule has 0 bridgehead atoms. The molecule has 106 valence electrons. The highest BCUT2D eigenvalue weighted by molar-refractivity contribution is 5.76. The average Bonchev–Trinajstić information content (AvgIpc) is 2.37. The van der Waals surface area contributed by atoms with Crippen molar-refractivity contribution in [3.63, 3.8) is 0 Å². The number of hydrazine groups is 1. The first kappa shape index (κ1) is 15.3. The molecule has 0 aliphatic carbocycles. The summed E-state index contributed by atoms with van der Waals surface area (Å²) in [7, 11) is 4.65. The van der Waals surface area contributed by atoms with Crippen molar-refractivity contribution in [1.82, 2.24) is 5.01 Å². The van der Waals surface area contributed by atoms with Gasteiger partial charge in [-0.05, 0) is 13.0 Å². The number of nitrogens with zero attached hydrogens (tertiary/aromatic N) is 1. The van der Waals surface area contributed by atoms with E-state index < -0.39 is 6.04 Å². The minimum Gasteiger partial charge on any atom is -0.496 e. The van der Waals surface area contributed by atoms with Gasteiger partial charge in [-0.3, -0.25) is 9.80 Å². The van der Waals surface area contributed by atoms with Gasteiger partial charge < -0.3 is 15.2 Å². The lowest BCUT2D eigenvalue weighted by Gasteiger charge is -2.20. The van der Waals surface area contributed by atoms with Gasteiger partial charge in [0.05, 0.1) is 14.2 Å². The predicted molar refractivity (Wildman–Crippen MR) is 72.8 cm³/mol. The standard InChI is InChI=1S/C13H21N3O3/c1-8-11(18-3)6-5-9(13(8)19-4)10(14)7-12(17)16(2)15/h5-6,10H,7,14-15H2,1-4H3. The monoisotopic (exact) mass is 267 g/mol. The average molecular weight is 267 g/mol. The maximum absolute atomic E-state index is 11.6. The van der Waals surface area contributed by atoms with E-state index in [0.717, 1.165) is 21.9 Å². The zero-order valence-electron chi connectivity index (χ0n) is 11.8. The van der Waals surface area contributed by atoms with Crippen LogP contribution < -0.4 is 21.1 Å². The van der Waals surface area contributed by atoms with Gasteiger partial charge in [-0.25, -0.2) is 5.84 Å². The second-order valence-electron chi connectivity index (χ2n) is 4.33. The van der Waals surface area contributed by atoms with Crippen LogP contribution in [0, 0.1) is 6.92 Å². The Bertz CT molecular complexity index is 461.